The number of fused-ring (bicyclic) bond motifs is 2. The summed E-state index contributed by atoms with van der Waals surface area (Å²) in [6.07, 6.45) is 6.47. The molecule has 1 aliphatic carbocycles. The highest BCUT2D eigenvalue weighted by atomic mass is 35.5. The molecule has 4 aliphatic rings. The van der Waals surface area contributed by atoms with Gasteiger partial charge in [0.25, 0.3) is 21.6 Å². The third kappa shape index (κ3) is 10.1. The van der Waals surface area contributed by atoms with Crippen LogP contribution in [0, 0.1) is 15.5 Å². The van der Waals surface area contributed by atoms with E-state index in [0.29, 0.717) is 24.0 Å². The number of pyridine rings is 1. The van der Waals surface area contributed by atoms with Crippen molar-refractivity contribution in [3.8, 4) is 17.2 Å². The Morgan fingerprint density at radius 2 is 1.85 bits per heavy atom. The Hall–Kier alpha value is -5.72. The van der Waals surface area contributed by atoms with Gasteiger partial charge in [-0.1, -0.05) is 43.2 Å². The van der Waals surface area contributed by atoms with Crippen LogP contribution in [-0.4, -0.2) is 117 Å². The molecule has 1 amide bonds. The molecule has 2 aromatic heterocycles. The molecule has 5 heterocycles. The van der Waals surface area contributed by atoms with Crippen LogP contribution in [0.1, 0.15) is 56.0 Å². The first-order chi connectivity index (χ1) is 31.2. The molecular formula is C47H54ClN9O7S. The number of nitrogens with one attached hydrogen (secondary N) is 4. The first-order valence-corrected chi connectivity index (χ1v) is 24.0. The summed E-state index contributed by atoms with van der Waals surface area (Å²) in [6, 6.07) is 19.1. The first-order valence-electron chi connectivity index (χ1n) is 22.1. The molecule has 3 aliphatic heterocycles. The number of hydrogen-bond donors (Lipinski definition) is 4. The number of aromatic amines is 1. The van der Waals surface area contributed by atoms with Gasteiger partial charge in [0.05, 0.1) is 27.6 Å². The maximum atomic E-state index is 14.1. The summed E-state index contributed by atoms with van der Waals surface area (Å²) >= 11 is 6.25. The molecule has 0 saturated carbocycles. The lowest BCUT2D eigenvalue weighted by Gasteiger charge is -2.39. The van der Waals surface area contributed by atoms with E-state index >= 15 is 0 Å². The highest BCUT2D eigenvalue weighted by Gasteiger charge is 2.34. The predicted molar refractivity (Wildman–Crippen MR) is 252 cm³/mol. The van der Waals surface area contributed by atoms with Crippen LogP contribution in [-0.2, 0) is 10.0 Å². The van der Waals surface area contributed by atoms with Crippen LogP contribution in [0.15, 0.2) is 89.6 Å². The molecular weight excluding hydrogens is 870 g/mol. The highest BCUT2D eigenvalue weighted by molar-refractivity contribution is 7.90. The van der Waals surface area contributed by atoms with Crippen molar-refractivity contribution in [3.05, 3.63) is 111 Å². The van der Waals surface area contributed by atoms with Crippen LogP contribution in [0.4, 0.5) is 17.1 Å². The average Bonchev–Trinajstić information content (AvgIpc) is 3.75. The Kier molecular flexibility index (Phi) is 12.5. The van der Waals surface area contributed by atoms with Crippen LogP contribution in [0.25, 0.3) is 16.6 Å². The van der Waals surface area contributed by atoms with Crippen molar-refractivity contribution in [2.24, 2.45) is 5.41 Å². The van der Waals surface area contributed by atoms with E-state index < -0.39 is 31.4 Å². The fourth-order valence-electron chi connectivity index (χ4n) is 9.37. The quantitative estimate of drug-likeness (QED) is 0.0723. The van der Waals surface area contributed by atoms with Crippen LogP contribution in [0.3, 0.4) is 0 Å². The number of amides is 1. The Bertz CT molecular complexity index is 2750. The van der Waals surface area contributed by atoms with Crippen molar-refractivity contribution < 1.29 is 27.6 Å². The van der Waals surface area contributed by atoms with E-state index in [1.807, 2.05) is 18.2 Å². The van der Waals surface area contributed by atoms with Gasteiger partial charge < -0.3 is 30.0 Å². The number of H-pyrrole nitrogens is 1. The summed E-state index contributed by atoms with van der Waals surface area (Å²) in [7, 11) is -4.65. The standard InChI is InChI=1S/C47H54ClN9O7S/c1-30-26-55(15-14-49-30)28-35-29-63-43-23-38(22-41(57(59)60)44(43)52-35)65(61,62)53-46(58)39-9-8-36(21-42(39)64-37-20-32-11-13-50-45(32)51-25-37)56-18-16-54(17-19-56)27-33-10-12-47(2,3)24-40(33)31-4-6-34(48)7-5-31/h4-9,11,13,20-23,25,30,35,49,52H,10,12,14-19,24,26-29H2,1-3H3,(H,50,51)(H,53,58)/t30-,35-/m0/s1. The molecule has 4 N–H and O–H groups in total. The summed E-state index contributed by atoms with van der Waals surface area (Å²) < 4.78 is 42.3. The molecule has 18 heteroatoms. The van der Waals surface area contributed by atoms with E-state index in [0.717, 1.165) is 93.8 Å². The van der Waals surface area contributed by atoms with Gasteiger partial charge >= 0.3 is 0 Å². The second-order valence-corrected chi connectivity index (χ2v) is 20.5. The Morgan fingerprint density at radius 3 is 2.62 bits per heavy atom. The number of piperazine rings is 2. The van der Waals surface area contributed by atoms with Crippen molar-refractivity contribution in [1.29, 1.82) is 0 Å². The van der Waals surface area contributed by atoms with Gasteiger partial charge in [0.2, 0.25) is 0 Å². The van der Waals surface area contributed by atoms with Crippen LogP contribution < -0.4 is 29.7 Å². The number of aromatic nitrogens is 2. The summed E-state index contributed by atoms with van der Waals surface area (Å²) in [5.74, 6) is -0.501. The van der Waals surface area contributed by atoms with E-state index in [2.05, 4.69) is 72.9 Å². The number of anilines is 2. The van der Waals surface area contributed by atoms with Gasteiger partial charge in [-0.05, 0) is 79.1 Å². The monoisotopic (exact) mass is 923 g/mol. The molecule has 9 rings (SSSR count). The zero-order chi connectivity index (χ0) is 45.5. The van der Waals surface area contributed by atoms with E-state index in [4.69, 9.17) is 21.1 Å². The van der Waals surface area contributed by atoms with Crippen LogP contribution >= 0.6 is 11.6 Å². The molecule has 3 aromatic carbocycles. The number of nitro groups is 1. The lowest BCUT2D eigenvalue weighted by atomic mass is 9.72. The molecule has 0 bridgehead atoms. The molecule has 2 atom stereocenters. The number of nitrogens with zero attached hydrogens (tertiary/aromatic N) is 5. The number of ether oxygens (including phenoxy) is 2. The van der Waals surface area contributed by atoms with Gasteiger partial charge in [0.1, 0.15) is 23.8 Å². The van der Waals surface area contributed by atoms with Crippen LogP contribution in [0.2, 0.25) is 5.02 Å². The van der Waals surface area contributed by atoms with Gasteiger partial charge in [-0.25, -0.2) is 18.1 Å². The lowest BCUT2D eigenvalue weighted by molar-refractivity contribution is -0.384. The Morgan fingerprint density at radius 1 is 1.05 bits per heavy atom. The van der Waals surface area contributed by atoms with Gasteiger partial charge in [-0.3, -0.25) is 24.7 Å². The molecule has 2 fully saturated rings. The maximum Gasteiger partial charge on any atom is 0.297 e. The number of allylic oxidation sites excluding steroid dienone is 1. The minimum Gasteiger partial charge on any atom is -0.489 e. The van der Waals surface area contributed by atoms with Crippen LogP contribution in [0.5, 0.6) is 17.2 Å². The number of carbonyl (C=O) groups is 1. The van der Waals surface area contributed by atoms with E-state index in [1.54, 1.807) is 30.5 Å². The fraction of sp³-hybridized carbons (Fsp3) is 0.404. The third-order valence-electron chi connectivity index (χ3n) is 12.9. The molecule has 5 aromatic rings. The van der Waals surface area contributed by atoms with E-state index in [1.165, 1.54) is 29.0 Å². The molecule has 65 heavy (non-hydrogen) atoms. The fourth-order valence-corrected chi connectivity index (χ4v) is 10.5. The number of nitro benzene ring substituents is 1. The lowest BCUT2D eigenvalue weighted by Crippen LogP contribution is -2.53. The number of sulfonamides is 1. The number of rotatable bonds is 12. The minimum absolute atomic E-state index is 0.0134. The zero-order valence-corrected chi connectivity index (χ0v) is 38.3. The van der Waals surface area contributed by atoms with Gasteiger partial charge in [0.15, 0.2) is 11.4 Å². The summed E-state index contributed by atoms with van der Waals surface area (Å²) in [6.45, 7) is 13.9. The molecule has 2 saturated heterocycles. The minimum atomic E-state index is -4.65. The number of benzene rings is 3. The molecule has 16 nitrogen and oxygen atoms in total. The Balaban J connectivity index is 0.935. The third-order valence-corrected chi connectivity index (χ3v) is 14.4. The van der Waals surface area contributed by atoms with E-state index in [9.17, 15) is 23.3 Å². The molecule has 342 valence electrons. The van der Waals surface area contributed by atoms with Gasteiger partial charge in [0, 0.05) is 105 Å². The van der Waals surface area contributed by atoms with Crippen molar-refractivity contribution in [2.45, 2.75) is 57.0 Å². The topological polar surface area (TPSA) is 187 Å². The summed E-state index contributed by atoms with van der Waals surface area (Å²) in [4.78, 5) is 39.7. The molecule has 0 radical (unpaired) electrons. The number of carbonyl (C=O) groups excluding carboxylic acids is 1. The van der Waals surface area contributed by atoms with E-state index in [-0.39, 0.29) is 40.8 Å². The average molecular weight is 925 g/mol. The molecule has 0 spiro atoms. The van der Waals surface area contributed by atoms with Crippen molar-refractivity contribution in [2.75, 3.05) is 75.7 Å². The summed E-state index contributed by atoms with van der Waals surface area (Å²) in [5, 5.41) is 20.5. The second kappa shape index (κ2) is 18.3. The normalized spacial score (nSPS) is 20.5. The van der Waals surface area contributed by atoms with Gasteiger partial charge in [-0.2, -0.15) is 0 Å². The number of halogens is 1. The number of hydrogen-bond acceptors (Lipinski definition) is 13. The summed E-state index contributed by atoms with van der Waals surface area (Å²) in [5.41, 5.74) is 5.34. The first kappa shape index (κ1) is 44.5. The van der Waals surface area contributed by atoms with Crippen molar-refractivity contribution >= 4 is 61.2 Å². The van der Waals surface area contributed by atoms with Crippen molar-refractivity contribution in [1.82, 2.24) is 29.8 Å². The SMILES string of the molecule is C[C@H]1CN(C[C@H]2COc3cc(S(=O)(=O)NC(=O)c4ccc(N5CCN(CC6=C(c7ccc(Cl)cc7)CC(C)(C)CC6)CC5)cc4Oc4cnc5[nH]ccc5c4)cc([N+](=O)[O-])c3N2)CCN1. The predicted octanol–water partition coefficient (Wildman–Crippen LogP) is 7.29. The maximum absolute atomic E-state index is 14.1. The largest absolute Gasteiger partial charge is 0.489 e. The zero-order valence-electron chi connectivity index (χ0n) is 36.7. The second-order valence-electron chi connectivity index (χ2n) is 18.3. The van der Waals surface area contributed by atoms with Gasteiger partial charge in [-0.15, -0.1) is 0 Å². The highest BCUT2D eigenvalue weighted by Crippen LogP contribution is 2.44. The van der Waals surface area contributed by atoms with Crippen molar-refractivity contribution in [3.63, 3.8) is 0 Å². The Labute approximate surface area is 383 Å². The smallest absolute Gasteiger partial charge is 0.297 e. The molecule has 0 unspecified atom stereocenters.